The highest BCUT2D eigenvalue weighted by molar-refractivity contribution is 5.94. The number of carbonyl (C=O) groups excluding carboxylic acids is 1. The lowest BCUT2D eigenvalue weighted by Crippen LogP contribution is -2.37. The van der Waals surface area contributed by atoms with Crippen LogP contribution in [-0.4, -0.2) is 11.9 Å². The van der Waals surface area contributed by atoms with Crippen LogP contribution in [0.25, 0.3) is 0 Å². The second-order valence-electron chi connectivity index (χ2n) is 5.64. The van der Waals surface area contributed by atoms with Crippen LogP contribution in [0.4, 0.5) is 14.5 Å². The zero-order valence-electron chi connectivity index (χ0n) is 12.2. The smallest absolute Gasteiger partial charge is 0.251 e. The van der Waals surface area contributed by atoms with Crippen LogP contribution in [0.2, 0.25) is 0 Å². The number of benzene rings is 1. The number of anilines is 1. The van der Waals surface area contributed by atoms with E-state index in [0.717, 1.165) is 31.4 Å². The average Bonchev–Trinajstić information content (AvgIpc) is 2.79. The standard InChI is InChI=1S/C15H21F2N3O/c1-3-9-4-5-13(8(9)2)19-15(21)10-6-11(16)14(20-18)12(17)7-10/h6-9,13,20H,3-5,18H2,1-2H3,(H,19,21). The third-order valence-corrected chi connectivity index (χ3v) is 4.52. The molecule has 1 saturated carbocycles. The van der Waals surface area contributed by atoms with Gasteiger partial charge in [0.15, 0.2) is 11.6 Å². The molecule has 0 bridgehead atoms. The Morgan fingerprint density at radius 3 is 2.43 bits per heavy atom. The molecule has 1 aliphatic rings. The molecular formula is C15H21F2N3O. The van der Waals surface area contributed by atoms with Gasteiger partial charge in [-0.1, -0.05) is 20.3 Å². The molecular weight excluding hydrogens is 276 g/mol. The lowest BCUT2D eigenvalue weighted by Gasteiger charge is -2.21. The minimum Gasteiger partial charge on any atom is -0.349 e. The van der Waals surface area contributed by atoms with E-state index in [1.807, 2.05) is 5.43 Å². The zero-order valence-corrected chi connectivity index (χ0v) is 12.2. The van der Waals surface area contributed by atoms with Crippen LogP contribution in [0, 0.1) is 23.5 Å². The van der Waals surface area contributed by atoms with Gasteiger partial charge in [0, 0.05) is 11.6 Å². The Balaban J connectivity index is 2.11. The summed E-state index contributed by atoms with van der Waals surface area (Å²) in [5, 5.41) is 2.88. The van der Waals surface area contributed by atoms with E-state index >= 15 is 0 Å². The molecule has 21 heavy (non-hydrogen) atoms. The number of nitrogens with two attached hydrogens (primary N) is 1. The number of hydrogen-bond acceptors (Lipinski definition) is 3. The molecule has 4 nitrogen and oxygen atoms in total. The van der Waals surface area contributed by atoms with E-state index in [-0.39, 0.29) is 11.6 Å². The largest absolute Gasteiger partial charge is 0.349 e. The fourth-order valence-electron chi connectivity index (χ4n) is 3.12. The summed E-state index contributed by atoms with van der Waals surface area (Å²) in [7, 11) is 0. The second kappa shape index (κ2) is 6.39. The predicted molar refractivity (Wildman–Crippen MR) is 77.6 cm³/mol. The lowest BCUT2D eigenvalue weighted by atomic mass is 9.93. The van der Waals surface area contributed by atoms with E-state index in [2.05, 4.69) is 19.2 Å². The van der Waals surface area contributed by atoms with E-state index in [1.54, 1.807) is 0 Å². The fraction of sp³-hybridized carbons (Fsp3) is 0.533. The van der Waals surface area contributed by atoms with Crippen molar-refractivity contribution in [1.82, 2.24) is 5.32 Å². The summed E-state index contributed by atoms with van der Waals surface area (Å²) in [6.45, 7) is 4.24. The number of halogens is 2. The third kappa shape index (κ3) is 3.15. The molecule has 3 unspecified atom stereocenters. The Kier molecular flexibility index (Phi) is 4.77. The van der Waals surface area contributed by atoms with Gasteiger partial charge in [-0.25, -0.2) is 8.78 Å². The van der Waals surface area contributed by atoms with Crippen molar-refractivity contribution in [2.45, 2.75) is 39.2 Å². The fourth-order valence-corrected chi connectivity index (χ4v) is 3.12. The van der Waals surface area contributed by atoms with Crippen LogP contribution in [0.15, 0.2) is 12.1 Å². The minimum atomic E-state index is -0.881. The first-order valence-electron chi connectivity index (χ1n) is 7.24. The second-order valence-corrected chi connectivity index (χ2v) is 5.64. The summed E-state index contributed by atoms with van der Waals surface area (Å²) >= 11 is 0. The minimum absolute atomic E-state index is 0.0313. The summed E-state index contributed by atoms with van der Waals surface area (Å²) in [5.41, 5.74) is 1.47. The SMILES string of the molecule is CCC1CCC(NC(=O)c2cc(F)c(NN)c(F)c2)C1C. The van der Waals surface area contributed by atoms with Crippen LogP contribution in [0.1, 0.15) is 43.5 Å². The number of hydrazine groups is 1. The molecule has 1 aliphatic carbocycles. The molecule has 3 atom stereocenters. The molecule has 0 radical (unpaired) electrons. The quantitative estimate of drug-likeness (QED) is 0.591. The summed E-state index contributed by atoms with van der Waals surface area (Å²) in [4.78, 5) is 12.1. The summed E-state index contributed by atoms with van der Waals surface area (Å²) in [6.07, 6.45) is 3.05. The number of amides is 1. The van der Waals surface area contributed by atoms with E-state index in [9.17, 15) is 13.6 Å². The van der Waals surface area contributed by atoms with E-state index in [0.29, 0.717) is 11.8 Å². The van der Waals surface area contributed by atoms with Gasteiger partial charge in [-0.2, -0.15) is 0 Å². The predicted octanol–water partition coefficient (Wildman–Crippen LogP) is 2.80. The molecule has 0 spiro atoms. The van der Waals surface area contributed by atoms with Gasteiger partial charge in [0.2, 0.25) is 0 Å². The van der Waals surface area contributed by atoms with Crippen LogP contribution >= 0.6 is 0 Å². The highest BCUT2D eigenvalue weighted by Gasteiger charge is 2.32. The Labute approximate surface area is 123 Å². The van der Waals surface area contributed by atoms with Gasteiger partial charge in [0.1, 0.15) is 5.69 Å². The normalized spacial score (nSPS) is 24.9. The van der Waals surface area contributed by atoms with Gasteiger partial charge < -0.3 is 10.7 Å². The number of nitrogens with one attached hydrogen (secondary N) is 2. The van der Waals surface area contributed by atoms with Gasteiger partial charge >= 0.3 is 0 Å². The number of hydrogen-bond donors (Lipinski definition) is 3. The maximum absolute atomic E-state index is 13.6. The van der Waals surface area contributed by atoms with Crippen molar-refractivity contribution in [3.63, 3.8) is 0 Å². The molecule has 116 valence electrons. The molecule has 0 aliphatic heterocycles. The maximum atomic E-state index is 13.6. The van der Waals surface area contributed by atoms with Gasteiger partial charge in [-0.05, 0) is 36.8 Å². The lowest BCUT2D eigenvalue weighted by molar-refractivity contribution is 0.0925. The van der Waals surface area contributed by atoms with Gasteiger partial charge in [-0.15, -0.1) is 0 Å². The summed E-state index contributed by atoms with van der Waals surface area (Å²) in [6, 6.07) is 2.04. The van der Waals surface area contributed by atoms with Crippen LogP contribution in [-0.2, 0) is 0 Å². The van der Waals surface area contributed by atoms with Gasteiger partial charge in [-0.3, -0.25) is 10.6 Å². The average molecular weight is 297 g/mol. The van der Waals surface area contributed by atoms with Crippen molar-refractivity contribution in [2.24, 2.45) is 17.7 Å². The van der Waals surface area contributed by atoms with E-state index in [1.165, 1.54) is 0 Å². The Morgan fingerprint density at radius 1 is 1.33 bits per heavy atom. The first kappa shape index (κ1) is 15.7. The Morgan fingerprint density at radius 2 is 1.95 bits per heavy atom. The van der Waals surface area contributed by atoms with Crippen molar-refractivity contribution in [1.29, 1.82) is 0 Å². The maximum Gasteiger partial charge on any atom is 0.251 e. The number of rotatable bonds is 4. The zero-order chi connectivity index (χ0) is 15.6. The first-order chi connectivity index (χ1) is 9.97. The number of carbonyl (C=O) groups is 1. The Hall–Kier alpha value is -1.69. The van der Waals surface area contributed by atoms with Crippen molar-refractivity contribution in [3.05, 3.63) is 29.3 Å². The molecule has 0 heterocycles. The van der Waals surface area contributed by atoms with Crippen molar-refractivity contribution < 1.29 is 13.6 Å². The molecule has 1 fully saturated rings. The summed E-state index contributed by atoms with van der Waals surface area (Å²) < 4.78 is 27.2. The molecule has 0 saturated heterocycles. The van der Waals surface area contributed by atoms with Crippen LogP contribution in [0.3, 0.4) is 0 Å². The molecule has 1 aromatic carbocycles. The van der Waals surface area contributed by atoms with Gasteiger partial charge in [0.05, 0.1) is 0 Å². The topological polar surface area (TPSA) is 67.2 Å². The van der Waals surface area contributed by atoms with E-state index < -0.39 is 23.2 Å². The number of nitrogen functional groups attached to an aromatic ring is 1. The van der Waals surface area contributed by atoms with Crippen LogP contribution in [0.5, 0.6) is 0 Å². The highest BCUT2D eigenvalue weighted by Crippen LogP contribution is 2.34. The molecule has 2 rings (SSSR count). The molecule has 6 heteroatoms. The van der Waals surface area contributed by atoms with Gasteiger partial charge in [0.25, 0.3) is 5.91 Å². The molecule has 1 amide bonds. The van der Waals surface area contributed by atoms with Crippen LogP contribution < -0.4 is 16.6 Å². The third-order valence-electron chi connectivity index (χ3n) is 4.52. The summed E-state index contributed by atoms with van der Waals surface area (Å²) in [5.74, 6) is 3.78. The molecule has 0 aromatic heterocycles. The molecule has 1 aromatic rings. The van der Waals surface area contributed by atoms with Crippen molar-refractivity contribution in [3.8, 4) is 0 Å². The Bertz CT molecular complexity index is 513. The van der Waals surface area contributed by atoms with Crippen molar-refractivity contribution >= 4 is 11.6 Å². The van der Waals surface area contributed by atoms with E-state index in [4.69, 9.17) is 5.84 Å². The monoisotopic (exact) mass is 297 g/mol. The van der Waals surface area contributed by atoms with Crippen molar-refractivity contribution in [2.75, 3.05) is 5.43 Å². The highest BCUT2D eigenvalue weighted by atomic mass is 19.1. The molecule has 4 N–H and O–H groups in total. The first-order valence-corrected chi connectivity index (χ1v) is 7.24.